The Labute approximate surface area is 103 Å². The van der Waals surface area contributed by atoms with Crippen LogP contribution in [0.1, 0.15) is 45.4 Å². The zero-order chi connectivity index (χ0) is 11.8. The fourth-order valence-corrected chi connectivity index (χ4v) is 3.33. The number of unbranched alkanes of at least 4 members (excludes halogenated alkanes) is 1. The molecule has 0 aromatic heterocycles. The Kier molecular flexibility index (Phi) is 6.88. The summed E-state index contributed by atoms with van der Waals surface area (Å²) < 4.78 is 0. The van der Waals surface area contributed by atoms with Crippen molar-refractivity contribution in [2.75, 3.05) is 12.3 Å². The SMILES string of the molecule is CCSC1CCC(NC(=O)CCCCN)C1. The molecule has 0 saturated heterocycles. The third-order valence-electron chi connectivity index (χ3n) is 3.01. The lowest BCUT2D eigenvalue weighted by Crippen LogP contribution is -2.32. The lowest BCUT2D eigenvalue weighted by atomic mass is 10.2. The van der Waals surface area contributed by atoms with Crippen LogP contribution in [0.2, 0.25) is 0 Å². The summed E-state index contributed by atoms with van der Waals surface area (Å²) >= 11 is 2.02. The lowest BCUT2D eigenvalue weighted by Gasteiger charge is -2.12. The van der Waals surface area contributed by atoms with Crippen molar-refractivity contribution >= 4 is 17.7 Å². The van der Waals surface area contributed by atoms with Gasteiger partial charge in [0.2, 0.25) is 5.91 Å². The molecule has 1 fully saturated rings. The zero-order valence-corrected chi connectivity index (χ0v) is 11.0. The van der Waals surface area contributed by atoms with E-state index >= 15 is 0 Å². The van der Waals surface area contributed by atoms with Crippen molar-refractivity contribution in [3.63, 3.8) is 0 Å². The molecular formula is C12H24N2OS. The molecule has 94 valence electrons. The molecule has 16 heavy (non-hydrogen) atoms. The van der Waals surface area contributed by atoms with Gasteiger partial charge in [0, 0.05) is 17.7 Å². The highest BCUT2D eigenvalue weighted by molar-refractivity contribution is 7.99. The molecule has 0 aromatic rings. The van der Waals surface area contributed by atoms with E-state index in [0.717, 1.165) is 30.9 Å². The lowest BCUT2D eigenvalue weighted by molar-refractivity contribution is -0.121. The number of nitrogens with two attached hydrogens (primary N) is 1. The van der Waals surface area contributed by atoms with Gasteiger partial charge in [-0.3, -0.25) is 4.79 Å². The van der Waals surface area contributed by atoms with Crippen molar-refractivity contribution in [2.45, 2.75) is 56.7 Å². The van der Waals surface area contributed by atoms with E-state index < -0.39 is 0 Å². The monoisotopic (exact) mass is 244 g/mol. The van der Waals surface area contributed by atoms with Crippen molar-refractivity contribution in [1.29, 1.82) is 0 Å². The minimum absolute atomic E-state index is 0.209. The van der Waals surface area contributed by atoms with Crippen molar-refractivity contribution in [3.8, 4) is 0 Å². The molecule has 1 aliphatic carbocycles. The van der Waals surface area contributed by atoms with E-state index in [1.807, 2.05) is 11.8 Å². The summed E-state index contributed by atoms with van der Waals surface area (Å²) in [6, 6.07) is 0.425. The quantitative estimate of drug-likeness (QED) is 0.673. The first kappa shape index (κ1) is 13.8. The first-order valence-electron chi connectivity index (χ1n) is 6.37. The molecular weight excluding hydrogens is 220 g/mol. The Morgan fingerprint density at radius 3 is 2.94 bits per heavy atom. The van der Waals surface area contributed by atoms with Crippen LogP contribution in [0.25, 0.3) is 0 Å². The van der Waals surface area contributed by atoms with Crippen LogP contribution < -0.4 is 11.1 Å². The molecule has 3 N–H and O–H groups in total. The van der Waals surface area contributed by atoms with Gasteiger partial charge >= 0.3 is 0 Å². The Hall–Kier alpha value is -0.220. The minimum atomic E-state index is 0.209. The maximum absolute atomic E-state index is 11.6. The summed E-state index contributed by atoms with van der Waals surface area (Å²) in [6.45, 7) is 2.88. The van der Waals surface area contributed by atoms with Gasteiger partial charge in [-0.2, -0.15) is 11.8 Å². The van der Waals surface area contributed by atoms with Gasteiger partial charge in [-0.25, -0.2) is 0 Å². The maximum atomic E-state index is 11.6. The van der Waals surface area contributed by atoms with Gasteiger partial charge in [-0.1, -0.05) is 6.92 Å². The van der Waals surface area contributed by atoms with Gasteiger partial charge in [-0.15, -0.1) is 0 Å². The smallest absolute Gasteiger partial charge is 0.220 e. The number of hydrogen-bond donors (Lipinski definition) is 2. The third kappa shape index (κ3) is 5.21. The first-order chi connectivity index (χ1) is 7.76. The highest BCUT2D eigenvalue weighted by Crippen LogP contribution is 2.29. The Morgan fingerprint density at radius 1 is 1.44 bits per heavy atom. The number of rotatable bonds is 7. The molecule has 4 heteroatoms. The number of thioether (sulfide) groups is 1. The second-order valence-electron chi connectivity index (χ2n) is 4.40. The topological polar surface area (TPSA) is 55.1 Å². The van der Waals surface area contributed by atoms with Crippen LogP contribution >= 0.6 is 11.8 Å². The second-order valence-corrected chi connectivity index (χ2v) is 5.98. The van der Waals surface area contributed by atoms with E-state index in [-0.39, 0.29) is 5.91 Å². The Bertz CT molecular complexity index is 211. The van der Waals surface area contributed by atoms with Crippen LogP contribution in [0.5, 0.6) is 0 Å². The van der Waals surface area contributed by atoms with Crippen LogP contribution in [0.4, 0.5) is 0 Å². The molecule has 0 heterocycles. The minimum Gasteiger partial charge on any atom is -0.353 e. The van der Waals surface area contributed by atoms with Crippen LogP contribution in [0, 0.1) is 0 Å². The summed E-state index contributed by atoms with van der Waals surface area (Å²) in [4.78, 5) is 11.6. The van der Waals surface area contributed by atoms with E-state index in [1.165, 1.54) is 12.2 Å². The fraction of sp³-hybridized carbons (Fsp3) is 0.917. The zero-order valence-electron chi connectivity index (χ0n) is 10.2. The van der Waals surface area contributed by atoms with Gasteiger partial charge in [0.15, 0.2) is 0 Å². The van der Waals surface area contributed by atoms with Gasteiger partial charge in [0.05, 0.1) is 0 Å². The molecule has 1 aliphatic rings. The highest BCUT2D eigenvalue weighted by atomic mass is 32.2. The molecule has 0 aromatic carbocycles. The van der Waals surface area contributed by atoms with Crippen LogP contribution in [0.3, 0.4) is 0 Å². The van der Waals surface area contributed by atoms with Crippen LogP contribution in [-0.4, -0.2) is 29.5 Å². The van der Waals surface area contributed by atoms with E-state index in [4.69, 9.17) is 5.73 Å². The Balaban J connectivity index is 2.11. The van der Waals surface area contributed by atoms with Crippen LogP contribution in [0.15, 0.2) is 0 Å². The van der Waals surface area contributed by atoms with Gasteiger partial charge in [0.25, 0.3) is 0 Å². The Morgan fingerprint density at radius 2 is 2.25 bits per heavy atom. The number of hydrogen-bond acceptors (Lipinski definition) is 3. The summed E-state index contributed by atoms with van der Waals surface area (Å²) in [6.07, 6.45) is 6.07. The molecule has 0 spiro atoms. The summed E-state index contributed by atoms with van der Waals surface area (Å²) in [7, 11) is 0. The van der Waals surface area contributed by atoms with Crippen molar-refractivity contribution in [3.05, 3.63) is 0 Å². The standard InChI is InChI=1S/C12H24N2OS/c1-2-16-11-7-6-10(9-11)14-12(15)5-3-4-8-13/h10-11H,2-9,13H2,1H3,(H,14,15). The molecule has 2 unspecified atom stereocenters. The van der Waals surface area contributed by atoms with Gasteiger partial charge < -0.3 is 11.1 Å². The fourth-order valence-electron chi connectivity index (χ4n) is 2.19. The number of amides is 1. The molecule has 1 saturated carbocycles. The van der Waals surface area contributed by atoms with E-state index in [2.05, 4.69) is 12.2 Å². The molecule has 1 amide bonds. The molecule has 1 rings (SSSR count). The van der Waals surface area contributed by atoms with Gasteiger partial charge in [-0.05, 0) is 44.4 Å². The van der Waals surface area contributed by atoms with Crippen molar-refractivity contribution < 1.29 is 4.79 Å². The predicted octanol–water partition coefficient (Wildman–Crippen LogP) is 1.91. The highest BCUT2D eigenvalue weighted by Gasteiger charge is 2.25. The van der Waals surface area contributed by atoms with E-state index in [1.54, 1.807) is 0 Å². The first-order valence-corrected chi connectivity index (χ1v) is 7.42. The summed E-state index contributed by atoms with van der Waals surface area (Å²) in [5.41, 5.74) is 5.40. The van der Waals surface area contributed by atoms with E-state index in [9.17, 15) is 4.79 Å². The summed E-state index contributed by atoms with van der Waals surface area (Å²) in [5.74, 6) is 1.39. The number of nitrogens with one attached hydrogen (secondary N) is 1. The largest absolute Gasteiger partial charge is 0.353 e. The van der Waals surface area contributed by atoms with Gasteiger partial charge in [0.1, 0.15) is 0 Å². The van der Waals surface area contributed by atoms with Crippen molar-refractivity contribution in [1.82, 2.24) is 5.32 Å². The number of carbonyl (C=O) groups excluding carboxylic acids is 1. The van der Waals surface area contributed by atoms with Crippen LogP contribution in [-0.2, 0) is 4.79 Å². The third-order valence-corrected chi connectivity index (χ3v) is 4.24. The average molecular weight is 244 g/mol. The van der Waals surface area contributed by atoms with Crippen molar-refractivity contribution in [2.24, 2.45) is 5.73 Å². The normalized spacial score (nSPS) is 24.6. The predicted molar refractivity (Wildman–Crippen MR) is 70.6 cm³/mol. The average Bonchev–Trinajstić information content (AvgIpc) is 2.66. The number of carbonyl (C=O) groups is 1. The maximum Gasteiger partial charge on any atom is 0.220 e. The molecule has 0 aliphatic heterocycles. The second kappa shape index (κ2) is 7.96. The van der Waals surface area contributed by atoms with E-state index in [0.29, 0.717) is 19.0 Å². The molecule has 3 nitrogen and oxygen atoms in total. The molecule has 0 bridgehead atoms. The molecule has 0 radical (unpaired) electrons. The summed E-state index contributed by atoms with van der Waals surface area (Å²) in [5, 5.41) is 3.90. The molecule has 2 atom stereocenters.